The standard InChI is InChI=1S/C17H34N2/c1-13-7-5-9-15(11-13)16(18)17(19(3)4)10-6-8-14(2)12-17/h13-16H,5-12,18H2,1-4H3. The third kappa shape index (κ3) is 3.16. The number of rotatable bonds is 3. The fourth-order valence-corrected chi connectivity index (χ4v) is 4.82. The molecular weight excluding hydrogens is 232 g/mol. The Kier molecular flexibility index (Phi) is 4.94. The van der Waals surface area contributed by atoms with Gasteiger partial charge in [-0.1, -0.05) is 39.5 Å². The Hall–Kier alpha value is -0.0800. The molecule has 0 heterocycles. The zero-order valence-corrected chi connectivity index (χ0v) is 13.5. The van der Waals surface area contributed by atoms with Crippen molar-refractivity contribution in [2.75, 3.05) is 14.1 Å². The smallest absolute Gasteiger partial charge is 0.0359 e. The maximum Gasteiger partial charge on any atom is 0.0359 e. The van der Waals surface area contributed by atoms with Gasteiger partial charge in [0, 0.05) is 11.6 Å². The van der Waals surface area contributed by atoms with Crippen molar-refractivity contribution < 1.29 is 0 Å². The number of nitrogens with zero attached hydrogens (tertiary/aromatic N) is 1. The fraction of sp³-hybridized carbons (Fsp3) is 1.00. The Bertz CT molecular complexity index is 289. The van der Waals surface area contributed by atoms with Gasteiger partial charge in [0.05, 0.1) is 0 Å². The maximum absolute atomic E-state index is 6.84. The Morgan fingerprint density at radius 3 is 2.32 bits per heavy atom. The summed E-state index contributed by atoms with van der Waals surface area (Å²) in [5, 5.41) is 0. The van der Waals surface area contributed by atoms with E-state index in [1.54, 1.807) is 0 Å². The van der Waals surface area contributed by atoms with E-state index in [4.69, 9.17) is 5.73 Å². The fourth-order valence-electron chi connectivity index (χ4n) is 4.82. The number of likely N-dealkylation sites (N-methyl/N-ethyl adjacent to an activating group) is 1. The molecule has 2 N–H and O–H groups in total. The molecule has 0 spiro atoms. The minimum Gasteiger partial charge on any atom is -0.326 e. The number of hydrogen-bond donors (Lipinski definition) is 1. The summed E-state index contributed by atoms with van der Waals surface area (Å²) in [6.07, 6.45) is 10.9. The van der Waals surface area contributed by atoms with Crippen molar-refractivity contribution in [1.29, 1.82) is 0 Å². The van der Waals surface area contributed by atoms with Crippen LogP contribution in [0.2, 0.25) is 0 Å². The highest BCUT2D eigenvalue weighted by atomic mass is 15.2. The van der Waals surface area contributed by atoms with Crippen molar-refractivity contribution >= 4 is 0 Å². The third-order valence-corrected chi connectivity index (χ3v) is 6.00. The van der Waals surface area contributed by atoms with Crippen LogP contribution >= 0.6 is 0 Å². The van der Waals surface area contributed by atoms with E-state index in [-0.39, 0.29) is 5.54 Å². The third-order valence-electron chi connectivity index (χ3n) is 6.00. The summed E-state index contributed by atoms with van der Waals surface area (Å²) in [6.45, 7) is 4.82. The van der Waals surface area contributed by atoms with Gasteiger partial charge in [-0.05, 0) is 57.5 Å². The Morgan fingerprint density at radius 2 is 1.74 bits per heavy atom. The second kappa shape index (κ2) is 6.13. The lowest BCUT2D eigenvalue weighted by molar-refractivity contribution is 0.0195. The van der Waals surface area contributed by atoms with Gasteiger partial charge in [0.15, 0.2) is 0 Å². The minimum atomic E-state index is 0.263. The second-order valence-electron chi connectivity index (χ2n) is 7.76. The number of nitrogens with two attached hydrogens (primary N) is 1. The topological polar surface area (TPSA) is 29.3 Å². The quantitative estimate of drug-likeness (QED) is 0.845. The number of hydrogen-bond acceptors (Lipinski definition) is 2. The molecular formula is C17H34N2. The molecule has 2 rings (SSSR count). The van der Waals surface area contributed by atoms with Crippen LogP contribution in [0.25, 0.3) is 0 Å². The van der Waals surface area contributed by atoms with E-state index >= 15 is 0 Å². The molecule has 2 heteroatoms. The lowest BCUT2D eigenvalue weighted by atomic mass is 9.65. The van der Waals surface area contributed by atoms with E-state index in [9.17, 15) is 0 Å². The van der Waals surface area contributed by atoms with Gasteiger partial charge in [0.25, 0.3) is 0 Å². The highest BCUT2D eigenvalue weighted by Crippen LogP contribution is 2.43. The summed E-state index contributed by atoms with van der Waals surface area (Å²) in [6, 6.07) is 0.369. The molecule has 2 aliphatic rings. The van der Waals surface area contributed by atoms with Gasteiger partial charge in [0.1, 0.15) is 0 Å². The molecule has 0 aliphatic heterocycles. The molecule has 0 saturated heterocycles. The molecule has 0 radical (unpaired) electrons. The molecule has 0 aromatic heterocycles. The monoisotopic (exact) mass is 266 g/mol. The summed E-state index contributed by atoms with van der Waals surface area (Å²) >= 11 is 0. The second-order valence-corrected chi connectivity index (χ2v) is 7.76. The molecule has 0 aromatic rings. The van der Waals surface area contributed by atoms with Gasteiger partial charge in [0.2, 0.25) is 0 Å². The largest absolute Gasteiger partial charge is 0.326 e. The van der Waals surface area contributed by atoms with Crippen LogP contribution in [-0.4, -0.2) is 30.6 Å². The van der Waals surface area contributed by atoms with Gasteiger partial charge in [-0.2, -0.15) is 0 Å². The Balaban J connectivity index is 2.13. The van der Waals surface area contributed by atoms with Gasteiger partial charge < -0.3 is 10.6 Å². The van der Waals surface area contributed by atoms with Crippen molar-refractivity contribution in [3.05, 3.63) is 0 Å². The lowest BCUT2D eigenvalue weighted by Gasteiger charge is -2.52. The van der Waals surface area contributed by atoms with E-state index in [2.05, 4.69) is 32.8 Å². The van der Waals surface area contributed by atoms with Crippen molar-refractivity contribution in [3.63, 3.8) is 0 Å². The average molecular weight is 266 g/mol. The first-order chi connectivity index (χ1) is 8.95. The van der Waals surface area contributed by atoms with Crippen molar-refractivity contribution in [2.24, 2.45) is 23.5 Å². The van der Waals surface area contributed by atoms with E-state index in [1.165, 1.54) is 51.4 Å². The highest BCUT2D eigenvalue weighted by Gasteiger charge is 2.45. The molecule has 0 amide bonds. The van der Waals surface area contributed by atoms with Crippen LogP contribution in [0.3, 0.4) is 0 Å². The van der Waals surface area contributed by atoms with Crippen molar-refractivity contribution in [1.82, 2.24) is 4.90 Å². The van der Waals surface area contributed by atoms with Crippen molar-refractivity contribution in [3.8, 4) is 0 Å². The summed E-state index contributed by atoms with van der Waals surface area (Å²) < 4.78 is 0. The molecule has 2 nitrogen and oxygen atoms in total. The van der Waals surface area contributed by atoms with Crippen LogP contribution in [-0.2, 0) is 0 Å². The molecule has 112 valence electrons. The molecule has 0 aromatic carbocycles. The molecule has 5 atom stereocenters. The van der Waals surface area contributed by atoms with E-state index < -0.39 is 0 Å². The molecule has 0 bridgehead atoms. The summed E-state index contributed by atoms with van der Waals surface area (Å²) in [4.78, 5) is 2.46. The minimum absolute atomic E-state index is 0.263. The van der Waals surface area contributed by atoms with Gasteiger partial charge in [-0.25, -0.2) is 0 Å². The van der Waals surface area contributed by atoms with Gasteiger partial charge in [-0.3, -0.25) is 0 Å². The maximum atomic E-state index is 6.84. The molecule has 2 saturated carbocycles. The normalized spacial score (nSPS) is 42.3. The van der Waals surface area contributed by atoms with Gasteiger partial charge >= 0.3 is 0 Å². The molecule has 5 unspecified atom stereocenters. The molecule has 2 aliphatic carbocycles. The summed E-state index contributed by atoms with van der Waals surface area (Å²) in [7, 11) is 4.51. The Labute approximate surface area is 120 Å². The predicted molar refractivity (Wildman–Crippen MR) is 83.1 cm³/mol. The van der Waals surface area contributed by atoms with Crippen LogP contribution in [0.15, 0.2) is 0 Å². The first-order valence-electron chi connectivity index (χ1n) is 8.38. The van der Waals surface area contributed by atoms with Crippen LogP contribution in [0.1, 0.15) is 65.2 Å². The first-order valence-corrected chi connectivity index (χ1v) is 8.38. The molecule has 2 fully saturated rings. The lowest BCUT2D eigenvalue weighted by Crippen LogP contribution is -2.62. The van der Waals surface area contributed by atoms with E-state index in [0.717, 1.165) is 17.8 Å². The van der Waals surface area contributed by atoms with Gasteiger partial charge in [-0.15, -0.1) is 0 Å². The van der Waals surface area contributed by atoms with Crippen LogP contribution in [0, 0.1) is 17.8 Å². The van der Waals surface area contributed by atoms with Crippen molar-refractivity contribution in [2.45, 2.75) is 76.8 Å². The predicted octanol–water partition coefficient (Wildman–Crippen LogP) is 3.65. The van der Waals surface area contributed by atoms with Crippen LogP contribution in [0.5, 0.6) is 0 Å². The SMILES string of the molecule is CC1CCCC(C(N)C2(N(C)C)CCCC(C)C2)C1. The summed E-state index contributed by atoms with van der Waals surface area (Å²) in [5.74, 6) is 2.46. The van der Waals surface area contributed by atoms with Crippen LogP contribution in [0.4, 0.5) is 0 Å². The molecule has 19 heavy (non-hydrogen) atoms. The zero-order chi connectivity index (χ0) is 14.0. The zero-order valence-electron chi connectivity index (χ0n) is 13.5. The summed E-state index contributed by atoms with van der Waals surface area (Å²) in [5.41, 5.74) is 7.11. The average Bonchev–Trinajstić information content (AvgIpc) is 2.37. The van der Waals surface area contributed by atoms with E-state index in [1.807, 2.05) is 0 Å². The Morgan fingerprint density at radius 1 is 1.05 bits per heavy atom. The highest BCUT2D eigenvalue weighted by molar-refractivity contribution is 5.03. The first kappa shape index (κ1) is 15.3. The van der Waals surface area contributed by atoms with Crippen LogP contribution < -0.4 is 5.73 Å². The van der Waals surface area contributed by atoms with E-state index in [0.29, 0.717) is 6.04 Å².